The van der Waals surface area contributed by atoms with Gasteiger partial charge < -0.3 is 10.2 Å². The second kappa shape index (κ2) is 7.28. The number of anilines is 1. The van der Waals surface area contributed by atoms with Crippen molar-refractivity contribution < 1.29 is 0 Å². The van der Waals surface area contributed by atoms with Gasteiger partial charge in [0.05, 0.1) is 5.69 Å². The van der Waals surface area contributed by atoms with Crippen molar-refractivity contribution in [3.8, 4) is 0 Å². The van der Waals surface area contributed by atoms with Crippen molar-refractivity contribution in [3.05, 3.63) is 27.1 Å². The van der Waals surface area contributed by atoms with Crippen LogP contribution in [0.1, 0.15) is 33.6 Å². The zero-order valence-electron chi connectivity index (χ0n) is 12.5. The Bertz CT molecular complexity index is 450. The average Bonchev–Trinajstić information content (AvgIpc) is 2.43. The maximum atomic E-state index is 3.70. The van der Waals surface area contributed by atoms with Crippen LogP contribution in [0.4, 0.5) is 5.69 Å². The molecule has 1 aliphatic heterocycles. The highest BCUT2D eigenvalue weighted by Crippen LogP contribution is 2.35. The van der Waals surface area contributed by atoms with Crippen LogP contribution >= 0.6 is 31.9 Å². The molecule has 0 aromatic heterocycles. The SMILES string of the molecule is CCCNC1CCN(c2cc(Br)ccc2Br)C(C)C1C. The molecule has 1 heterocycles. The topological polar surface area (TPSA) is 15.3 Å². The summed E-state index contributed by atoms with van der Waals surface area (Å²) in [6.45, 7) is 9.19. The number of hydrogen-bond acceptors (Lipinski definition) is 2. The molecule has 1 aromatic rings. The molecule has 0 radical (unpaired) electrons. The van der Waals surface area contributed by atoms with Crippen molar-refractivity contribution >= 4 is 37.5 Å². The Labute approximate surface area is 139 Å². The number of benzene rings is 1. The third-order valence-corrected chi connectivity index (χ3v) is 5.61. The zero-order valence-corrected chi connectivity index (χ0v) is 15.7. The van der Waals surface area contributed by atoms with Gasteiger partial charge in [0.25, 0.3) is 0 Å². The molecule has 0 amide bonds. The molecule has 3 unspecified atom stereocenters. The highest BCUT2D eigenvalue weighted by Gasteiger charge is 2.32. The Morgan fingerprint density at radius 1 is 1.30 bits per heavy atom. The molecular formula is C16H24Br2N2. The summed E-state index contributed by atoms with van der Waals surface area (Å²) in [4.78, 5) is 2.53. The van der Waals surface area contributed by atoms with Crippen LogP contribution in [0.25, 0.3) is 0 Å². The number of nitrogens with zero attached hydrogens (tertiary/aromatic N) is 1. The Morgan fingerprint density at radius 2 is 2.05 bits per heavy atom. The molecule has 1 aliphatic rings. The van der Waals surface area contributed by atoms with Gasteiger partial charge in [-0.1, -0.05) is 29.8 Å². The maximum Gasteiger partial charge on any atom is 0.0524 e. The first-order valence-corrected chi connectivity index (χ1v) is 9.08. The van der Waals surface area contributed by atoms with Crippen molar-refractivity contribution in [3.63, 3.8) is 0 Å². The number of piperidine rings is 1. The molecular weight excluding hydrogens is 380 g/mol. The molecule has 2 nitrogen and oxygen atoms in total. The summed E-state index contributed by atoms with van der Waals surface area (Å²) in [5, 5.41) is 3.70. The Hall–Kier alpha value is -0.0600. The van der Waals surface area contributed by atoms with E-state index in [1.165, 1.54) is 23.0 Å². The van der Waals surface area contributed by atoms with E-state index in [1.54, 1.807) is 0 Å². The fraction of sp³-hybridized carbons (Fsp3) is 0.625. The van der Waals surface area contributed by atoms with E-state index in [0.717, 1.165) is 17.6 Å². The largest absolute Gasteiger partial charge is 0.367 e. The zero-order chi connectivity index (χ0) is 14.7. The summed E-state index contributed by atoms with van der Waals surface area (Å²) in [7, 11) is 0. The predicted octanol–water partition coefficient (Wildman–Crippen LogP) is 4.81. The van der Waals surface area contributed by atoms with Crippen molar-refractivity contribution in [2.45, 2.75) is 45.7 Å². The maximum absolute atomic E-state index is 3.70. The Morgan fingerprint density at radius 3 is 2.75 bits per heavy atom. The van der Waals surface area contributed by atoms with E-state index in [1.807, 2.05) is 0 Å². The lowest BCUT2D eigenvalue weighted by Crippen LogP contribution is -2.53. The van der Waals surface area contributed by atoms with Gasteiger partial charge in [-0.3, -0.25) is 0 Å². The molecule has 0 bridgehead atoms. The molecule has 1 N–H and O–H groups in total. The lowest BCUT2D eigenvalue weighted by atomic mass is 9.86. The monoisotopic (exact) mass is 402 g/mol. The van der Waals surface area contributed by atoms with Crippen LogP contribution in [0, 0.1) is 5.92 Å². The summed E-state index contributed by atoms with van der Waals surface area (Å²) in [6.07, 6.45) is 2.42. The van der Waals surface area contributed by atoms with E-state index >= 15 is 0 Å². The number of halogens is 2. The van der Waals surface area contributed by atoms with Crippen LogP contribution < -0.4 is 10.2 Å². The molecule has 1 aromatic carbocycles. The van der Waals surface area contributed by atoms with Gasteiger partial charge in [-0.2, -0.15) is 0 Å². The average molecular weight is 404 g/mol. The summed E-state index contributed by atoms with van der Waals surface area (Å²) < 4.78 is 2.32. The van der Waals surface area contributed by atoms with E-state index in [-0.39, 0.29) is 0 Å². The summed E-state index contributed by atoms with van der Waals surface area (Å²) in [5.74, 6) is 0.654. The number of nitrogens with one attached hydrogen (secondary N) is 1. The van der Waals surface area contributed by atoms with Gasteiger partial charge in [-0.05, 0) is 66.4 Å². The second-order valence-corrected chi connectivity index (χ2v) is 7.51. The minimum Gasteiger partial charge on any atom is -0.367 e. The first-order chi connectivity index (χ1) is 9.54. The van der Waals surface area contributed by atoms with E-state index in [2.05, 4.69) is 81.0 Å². The third-order valence-electron chi connectivity index (χ3n) is 4.44. The van der Waals surface area contributed by atoms with Gasteiger partial charge in [0, 0.05) is 27.6 Å². The van der Waals surface area contributed by atoms with Crippen molar-refractivity contribution in [1.82, 2.24) is 5.32 Å². The molecule has 0 saturated carbocycles. The first-order valence-electron chi connectivity index (χ1n) is 7.49. The smallest absolute Gasteiger partial charge is 0.0524 e. The minimum atomic E-state index is 0.545. The van der Waals surface area contributed by atoms with Crippen molar-refractivity contribution in [2.24, 2.45) is 5.92 Å². The summed E-state index contributed by atoms with van der Waals surface area (Å²) in [5.41, 5.74) is 1.30. The molecule has 1 fully saturated rings. The van der Waals surface area contributed by atoms with E-state index in [4.69, 9.17) is 0 Å². The Balaban J connectivity index is 2.13. The normalized spacial score (nSPS) is 26.9. The fourth-order valence-electron chi connectivity index (χ4n) is 3.03. The first kappa shape index (κ1) is 16.3. The molecule has 20 heavy (non-hydrogen) atoms. The molecule has 3 atom stereocenters. The second-order valence-electron chi connectivity index (χ2n) is 5.74. The van der Waals surface area contributed by atoms with Gasteiger partial charge in [-0.15, -0.1) is 0 Å². The lowest BCUT2D eigenvalue weighted by molar-refractivity contribution is 0.271. The van der Waals surface area contributed by atoms with E-state index in [0.29, 0.717) is 18.0 Å². The van der Waals surface area contributed by atoms with Gasteiger partial charge in [0.15, 0.2) is 0 Å². The van der Waals surface area contributed by atoms with Crippen LogP contribution in [0.15, 0.2) is 27.1 Å². The predicted molar refractivity (Wildman–Crippen MR) is 94.5 cm³/mol. The van der Waals surface area contributed by atoms with E-state index in [9.17, 15) is 0 Å². The third kappa shape index (κ3) is 3.58. The summed E-state index contributed by atoms with van der Waals surface area (Å²) in [6, 6.07) is 7.61. The van der Waals surface area contributed by atoms with Crippen LogP contribution in [0.3, 0.4) is 0 Å². The molecule has 0 aliphatic carbocycles. The Kier molecular flexibility index (Phi) is 5.94. The molecule has 1 saturated heterocycles. The van der Waals surface area contributed by atoms with Crippen LogP contribution in [0.5, 0.6) is 0 Å². The highest BCUT2D eigenvalue weighted by atomic mass is 79.9. The van der Waals surface area contributed by atoms with Crippen molar-refractivity contribution in [2.75, 3.05) is 18.0 Å². The van der Waals surface area contributed by atoms with Gasteiger partial charge in [0.1, 0.15) is 0 Å². The number of hydrogen-bond donors (Lipinski definition) is 1. The van der Waals surface area contributed by atoms with Gasteiger partial charge in [0.2, 0.25) is 0 Å². The molecule has 0 spiro atoms. The fourth-order valence-corrected chi connectivity index (χ4v) is 3.85. The highest BCUT2D eigenvalue weighted by molar-refractivity contribution is 9.11. The summed E-state index contributed by atoms with van der Waals surface area (Å²) >= 11 is 7.28. The minimum absolute atomic E-state index is 0.545. The van der Waals surface area contributed by atoms with Crippen LogP contribution in [-0.4, -0.2) is 25.2 Å². The molecule has 2 rings (SSSR count). The molecule has 4 heteroatoms. The van der Waals surface area contributed by atoms with Crippen molar-refractivity contribution in [1.29, 1.82) is 0 Å². The molecule has 112 valence electrons. The standard InChI is InChI=1S/C16H24Br2N2/c1-4-8-19-15-7-9-20(12(3)11(15)2)16-10-13(17)5-6-14(16)18/h5-6,10-12,15,19H,4,7-9H2,1-3H3. The number of rotatable bonds is 4. The van der Waals surface area contributed by atoms with Gasteiger partial charge in [-0.25, -0.2) is 0 Å². The lowest BCUT2D eigenvalue weighted by Gasteiger charge is -2.44. The van der Waals surface area contributed by atoms with Crippen LogP contribution in [0.2, 0.25) is 0 Å². The van der Waals surface area contributed by atoms with E-state index < -0.39 is 0 Å². The van der Waals surface area contributed by atoms with Crippen LogP contribution in [-0.2, 0) is 0 Å². The quantitative estimate of drug-likeness (QED) is 0.775. The van der Waals surface area contributed by atoms with Gasteiger partial charge >= 0.3 is 0 Å².